The van der Waals surface area contributed by atoms with Gasteiger partial charge in [0.05, 0.1) is 25.4 Å². The first-order valence-electron chi connectivity index (χ1n) is 5.27. The van der Waals surface area contributed by atoms with E-state index in [2.05, 4.69) is 43.6 Å². The molecule has 0 aromatic heterocycles. The molecule has 0 heterocycles. The first-order chi connectivity index (χ1) is 6.49. The fourth-order valence-electron chi connectivity index (χ4n) is 0.928. The Labute approximate surface area is 96.5 Å². The van der Waals surface area contributed by atoms with Gasteiger partial charge in [-0.3, -0.25) is 0 Å². The number of halogens is 1. The minimum absolute atomic E-state index is 0.0526. The topological polar surface area (TPSA) is 18.5 Å². The molecule has 0 aliphatic carbocycles. The van der Waals surface area contributed by atoms with E-state index in [4.69, 9.17) is 9.47 Å². The van der Waals surface area contributed by atoms with Crippen molar-refractivity contribution >= 4 is 15.9 Å². The van der Waals surface area contributed by atoms with Crippen molar-refractivity contribution in [3.05, 3.63) is 0 Å². The zero-order valence-corrected chi connectivity index (χ0v) is 11.4. The molecule has 0 amide bonds. The first kappa shape index (κ1) is 14.4. The first-order valence-corrected chi connectivity index (χ1v) is 6.39. The summed E-state index contributed by atoms with van der Waals surface area (Å²) < 4.78 is 11.1. The Balaban J connectivity index is 3.29. The van der Waals surface area contributed by atoms with Crippen LogP contribution in [0.4, 0.5) is 0 Å². The van der Waals surface area contributed by atoms with Crippen LogP contribution >= 0.6 is 15.9 Å². The standard InChI is InChI=1S/C11H23BrO2/c1-5-10(8-12)9-13-6-7-14-11(2,3)4/h10H,5-9H2,1-4H3. The van der Waals surface area contributed by atoms with Crippen molar-refractivity contribution in [2.75, 3.05) is 25.2 Å². The van der Waals surface area contributed by atoms with Gasteiger partial charge in [0, 0.05) is 5.33 Å². The van der Waals surface area contributed by atoms with Gasteiger partial charge in [0.1, 0.15) is 0 Å². The van der Waals surface area contributed by atoms with Crippen LogP contribution in [0.25, 0.3) is 0 Å². The molecule has 0 spiro atoms. The average Bonchev–Trinajstić information content (AvgIpc) is 2.09. The highest BCUT2D eigenvalue weighted by Crippen LogP contribution is 2.08. The largest absolute Gasteiger partial charge is 0.379 e. The molecule has 0 aromatic carbocycles. The molecular formula is C11H23BrO2. The molecule has 3 heteroatoms. The van der Waals surface area contributed by atoms with Gasteiger partial charge in [0.25, 0.3) is 0 Å². The van der Waals surface area contributed by atoms with Gasteiger partial charge in [-0.25, -0.2) is 0 Å². The van der Waals surface area contributed by atoms with Crippen molar-refractivity contribution in [2.24, 2.45) is 5.92 Å². The second-order valence-corrected chi connectivity index (χ2v) is 5.11. The van der Waals surface area contributed by atoms with E-state index in [-0.39, 0.29) is 5.60 Å². The molecule has 0 saturated heterocycles. The summed E-state index contributed by atoms with van der Waals surface area (Å²) in [5.41, 5.74) is -0.0526. The third kappa shape index (κ3) is 8.97. The lowest BCUT2D eigenvalue weighted by atomic mass is 10.1. The molecule has 0 rings (SSSR count). The summed E-state index contributed by atoms with van der Waals surface area (Å²) in [6.45, 7) is 10.6. The minimum Gasteiger partial charge on any atom is -0.379 e. The van der Waals surface area contributed by atoms with Crippen LogP contribution in [0, 0.1) is 5.92 Å². The number of alkyl halides is 1. The van der Waals surface area contributed by atoms with E-state index < -0.39 is 0 Å². The lowest BCUT2D eigenvalue weighted by Crippen LogP contribution is -2.22. The second-order valence-electron chi connectivity index (χ2n) is 4.46. The summed E-state index contributed by atoms with van der Waals surface area (Å²) in [7, 11) is 0. The van der Waals surface area contributed by atoms with Gasteiger partial charge in [0.2, 0.25) is 0 Å². The fraction of sp³-hybridized carbons (Fsp3) is 1.00. The van der Waals surface area contributed by atoms with E-state index >= 15 is 0 Å². The predicted octanol–water partition coefficient (Wildman–Crippen LogP) is 3.24. The molecule has 0 aliphatic rings. The smallest absolute Gasteiger partial charge is 0.0707 e. The monoisotopic (exact) mass is 266 g/mol. The lowest BCUT2D eigenvalue weighted by Gasteiger charge is -2.20. The van der Waals surface area contributed by atoms with Crippen molar-refractivity contribution in [3.8, 4) is 0 Å². The lowest BCUT2D eigenvalue weighted by molar-refractivity contribution is -0.0384. The van der Waals surface area contributed by atoms with E-state index in [0.717, 1.165) is 18.4 Å². The summed E-state index contributed by atoms with van der Waals surface area (Å²) in [5.74, 6) is 0.629. The van der Waals surface area contributed by atoms with Gasteiger partial charge in [-0.15, -0.1) is 0 Å². The van der Waals surface area contributed by atoms with Crippen molar-refractivity contribution in [1.29, 1.82) is 0 Å². The Bertz CT molecular complexity index is 128. The van der Waals surface area contributed by atoms with E-state index in [1.54, 1.807) is 0 Å². The fourth-order valence-corrected chi connectivity index (χ4v) is 1.57. The molecule has 0 fully saturated rings. The van der Waals surface area contributed by atoms with Crippen molar-refractivity contribution in [2.45, 2.75) is 39.7 Å². The van der Waals surface area contributed by atoms with Crippen LogP contribution in [0.3, 0.4) is 0 Å². The van der Waals surface area contributed by atoms with Crippen LogP contribution in [0.1, 0.15) is 34.1 Å². The maximum atomic E-state index is 5.54. The van der Waals surface area contributed by atoms with Crippen LogP contribution in [0.15, 0.2) is 0 Å². The Hall–Kier alpha value is 0.400. The average molecular weight is 267 g/mol. The predicted molar refractivity (Wildman–Crippen MR) is 64.1 cm³/mol. The highest BCUT2D eigenvalue weighted by molar-refractivity contribution is 9.09. The van der Waals surface area contributed by atoms with E-state index in [1.165, 1.54) is 0 Å². The van der Waals surface area contributed by atoms with Gasteiger partial charge in [0.15, 0.2) is 0 Å². The molecule has 1 unspecified atom stereocenters. The number of hydrogen-bond acceptors (Lipinski definition) is 2. The van der Waals surface area contributed by atoms with Crippen molar-refractivity contribution in [1.82, 2.24) is 0 Å². The molecule has 1 atom stereocenters. The highest BCUT2D eigenvalue weighted by Gasteiger charge is 2.09. The highest BCUT2D eigenvalue weighted by atomic mass is 79.9. The second kappa shape index (κ2) is 7.66. The molecule has 0 radical (unpaired) electrons. The third-order valence-corrected chi connectivity index (χ3v) is 2.83. The van der Waals surface area contributed by atoms with Gasteiger partial charge in [-0.05, 0) is 26.7 Å². The van der Waals surface area contributed by atoms with E-state index in [9.17, 15) is 0 Å². The van der Waals surface area contributed by atoms with Crippen molar-refractivity contribution in [3.63, 3.8) is 0 Å². The SMILES string of the molecule is CCC(CBr)COCCOC(C)(C)C. The maximum absolute atomic E-state index is 5.54. The molecule has 86 valence electrons. The third-order valence-electron chi connectivity index (χ3n) is 1.91. The molecule has 14 heavy (non-hydrogen) atoms. The Morgan fingerprint density at radius 3 is 2.29 bits per heavy atom. The summed E-state index contributed by atoms with van der Waals surface area (Å²) in [6, 6.07) is 0. The van der Waals surface area contributed by atoms with Crippen LogP contribution in [-0.4, -0.2) is 30.8 Å². The minimum atomic E-state index is -0.0526. The molecular weight excluding hydrogens is 244 g/mol. The van der Waals surface area contributed by atoms with Gasteiger partial charge >= 0.3 is 0 Å². The summed E-state index contributed by atoms with van der Waals surface area (Å²) in [6.07, 6.45) is 1.16. The Morgan fingerprint density at radius 1 is 1.21 bits per heavy atom. The zero-order valence-electron chi connectivity index (χ0n) is 9.81. The summed E-state index contributed by atoms with van der Waals surface area (Å²) in [4.78, 5) is 0. The van der Waals surface area contributed by atoms with Crippen molar-refractivity contribution < 1.29 is 9.47 Å². The van der Waals surface area contributed by atoms with Crippen LogP contribution in [0.5, 0.6) is 0 Å². The Kier molecular flexibility index (Phi) is 7.88. The van der Waals surface area contributed by atoms with Crippen LogP contribution < -0.4 is 0 Å². The molecule has 0 aliphatic heterocycles. The molecule has 0 aromatic rings. The zero-order chi connectivity index (χ0) is 11.0. The molecule has 0 bridgehead atoms. The number of ether oxygens (including phenoxy) is 2. The van der Waals surface area contributed by atoms with E-state index in [0.29, 0.717) is 19.1 Å². The quantitative estimate of drug-likeness (QED) is 0.521. The molecule has 0 N–H and O–H groups in total. The normalized spacial score (nSPS) is 14.4. The van der Waals surface area contributed by atoms with Crippen LogP contribution in [0.2, 0.25) is 0 Å². The van der Waals surface area contributed by atoms with E-state index in [1.807, 2.05) is 0 Å². The molecule has 2 nitrogen and oxygen atoms in total. The summed E-state index contributed by atoms with van der Waals surface area (Å²) in [5, 5.41) is 1.02. The number of rotatable bonds is 7. The summed E-state index contributed by atoms with van der Waals surface area (Å²) >= 11 is 3.47. The number of hydrogen-bond donors (Lipinski definition) is 0. The van der Waals surface area contributed by atoms with Gasteiger partial charge in [-0.2, -0.15) is 0 Å². The Morgan fingerprint density at radius 2 is 1.86 bits per heavy atom. The van der Waals surface area contributed by atoms with Gasteiger partial charge in [-0.1, -0.05) is 29.3 Å². The van der Waals surface area contributed by atoms with Crippen LogP contribution in [-0.2, 0) is 9.47 Å². The maximum Gasteiger partial charge on any atom is 0.0707 e. The van der Waals surface area contributed by atoms with Gasteiger partial charge < -0.3 is 9.47 Å². The molecule has 0 saturated carbocycles.